The van der Waals surface area contributed by atoms with Gasteiger partial charge < -0.3 is 28.4 Å². The van der Waals surface area contributed by atoms with E-state index in [4.69, 9.17) is 36.8 Å². The molecule has 0 fully saturated rings. The third-order valence-electron chi connectivity index (χ3n) is 0. The minimum Gasteiger partial charge on any atom is -0.790 e. The summed E-state index contributed by atoms with van der Waals surface area (Å²) in [5.41, 5.74) is 0. The summed E-state index contributed by atoms with van der Waals surface area (Å²) in [4.78, 5) is 24.3. The fourth-order valence-electron chi connectivity index (χ4n) is 0. The molecule has 0 aliphatic rings. The molecule has 8 nitrogen and oxygen atoms in total. The summed E-state index contributed by atoms with van der Waals surface area (Å²) < 4.78 is 42.7. The van der Waals surface area contributed by atoms with E-state index in [2.05, 4.69) is 0 Å². The van der Waals surface area contributed by atoms with Crippen LogP contribution in [-0.2, 0) is 32.0 Å². The minimum atomic E-state index is -5.17. The van der Waals surface area contributed by atoms with Gasteiger partial charge in [0.15, 0.2) is 0 Å². The topological polar surface area (TPSA) is 164 Å². The van der Waals surface area contributed by atoms with Crippen LogP contribution in [-0.4, -0.2) is 60.2 Å². The Morgan fingerprint density at radius 3 is 1.17 bits per heavy atom. The molecule has 0 aliphatic heterocycles. The zero-order valence-corrected chi connectivity index (χ0v) is 10.3. The maximum atomic E-state index is 8.66. The number of hydrogen-bond donors (Lipinski definition) is 1. The Kier molecular flexibility index (Phi) is 18.3. The SMILES string of the molecule is O=P([O-])([O-])O.O=S(=O)([O-])[O-].[Ca+2].[Mn+2]. The molecule has 0 atom stereocenters. The van der Waals surface area contributed by atoms with E-state index in [0.29, 0.717) is 0 Å². The second-order valence-corrected chi connectivity index (χ2v) is 2.63. The van der Waals surface area contributed by atoms with E-state index in [1.165, 1.54) is 0 Å². The number of rotatable bonds is 0. The van der Waals surface area contributed by atoms with Crippen LogP contribution in [0, 0.1) is 0 Å². The Bertz CT molecular complexity index is 197. The molecule has 0 aromatic rings. The average Bonchev–Trinajstić information content (AvgIpc) is 1.12. The third kappa shape index (κ3) is 440. The molecular formula is HCaMnO8PS. The summed E-state index contributed by atoms with van der Waals surface area (Å²) in [6, 6.07) is 0. The van der Waals surface area contributed by atoms with Gasteiger partial charge in [-0.1, -0.05) is 0 Å². The third-order valence-corrected chi connectivity index (χ3v) is 0. The van der Waals surface area contributed by atoms with Crippen LogP contribution in [0.1, 0.15) is 0 Å². The Hall–Kier alpha value is 1.76. The van der Waals surface area contributed by atoms with Crippen LogP contribution >= 0.6 is 7.82 Å². The Labute approximate surface area is 109 Å². The average molecular weight is 287 g/mol. The van der Waals surface area contributed by atoms with E-state index in [1.54, 1.807) is 0 Å². The van der Waals surface area contributed by atoms with Crippen molar-refractivity contribution < 1.29 is 53.8 Å². The van der Waals surface area contributed by atoms with Gasteiger partial charge in [0.2, 0.25) is 0 Å². The molecule has 69 valence electrons. The van der Waals surface area contributed by atoms with Gasteiger partial charge in [-0.05, 0) is 0 Å². The standard InChI is InChI=1S/Ca.Mn.H3O4P.H2O4S/c;;2*1-5(2,3)4/h;;(H3,1,2,3,4);(H2,1,2,3,4)/q2*+2;;/p-4. The molecule has 0 bridgehead atoms. The van der Waals surface area contributed by atoms with Gasteiger partial charge in [0.25, 0.3) is 0 Å². The predicted octanol–water partition coefficient (Wildman–Crippen LogP) is -3.91. The molecule has 12 heavy (non-hydrogen) atoms. The molecule has 0 heterocycles. The van der Waals surface area contributed by atoms with Crippen LogP contribution < -0.4 is 9.79 Å². The Morgan fingerprint density at radius 2 is 1.17 bits per heavy atom. The first-order valence-electron chi connectivity index (χ1n) is 1.41. The molecule has 0 aliphatic carbocycles. The molecule has 0 unspecified atom stereocenters. The van der Waals surface area contributed by atoms with E-state index < -0.39 is 18.2 Å². The van der Waals surface area contributed by atoms with Crippen LogP contribution in [0.25, 0.3) is 0 Å². The fraction of sp³-hybridized carbons (Fsp3) is 0. The Morgan fingerprint density at radius 1 is 1.17 bits per heavy atom. The second-order valence-electron chi connectivity index (χ2n) is 0.877. The first-order chi connectivity index (χ1) is 4.00. The molecule has 0 spiro atoms. The van der Waals surface area contributed by atoms with Crippen molar-refractivity contribution in [2.75, 3.05) is 0 Å². The van der Waals surface area contributed by atoms with Gasteiger partial charge in [-0.25, -0.2) is 0 Å². The molecule has 1 N–H and O–H groups in total. The predicted molar refractivity (Wildman–Crippen MR) is 26.1 cm³/mol. The van der Waals surface area contributed by atoms with Crippen molar-refractivity contribution >= 4 is 56.0 Å². The van der Waals surface area contributed by atoms with E-state index in [1.807, 2.05) is 0 Å². The molecule has 0 aromatic heterocycles. The largest absolute Gasteiger partial charge is 2.00 e. The van der Waals surface area contributed by atoms with Crippen LogP contribution in [0.5, 0.6) is 0 Å². The van der Waals surface area contributed by atoms with Crippen molar-refractivity contribution in [1.82, 2.24) is 0 Å². The summed E-state index contributed by atoms with van der Waals surface area (Å²) in [6.45, 7) is 0. The molecule has 0 saturated carbocycles. The Balaban J connectivity index is -0.0000000457. The van der Waals surface area contributed by atoms with Crippen LogP contribution in [0.4, 0.5) is 0 Å². The molecule has 0 saturated heterocycles. The smallest absolute Gasteiger partial charge is 0.790 e. The fourth-order valence-corrected chi connectivity index (χ4v) is 0. The van der Waals surface area contributed by atoms with Gasteiger partial charge in [-0.15, -0.1) is 0 Å². The summed E-state index contributed by atoms with van der Waals surface area (Å²) in [5.74, 6) is 0. The maximum Gasteiger partial charge on any atom is 2.00 e. The summed E-state index contributed by atoms with van der Waals surface area (Å²) in [7, 11) is -10.3. The van der Waals surface area contributed by atoms with E-state index in [0.717, 1.165) is 0 Å². The van der Waals surface area contributed by atoms with Crippen molar-refractivity contribution in [1.29, 1.82) is 0 Å². The van der Waals surface area contributed by atoms with Gasteiger partial charge in [0, 0.05) is 10.4 Å². The molecule has 12 heteroatoms. The summed E-state index contributed by atoms with van der Waals surface area (Å²) in [5, 5.41) is 0. The van der Waals surface area contributed by atoms with E-state index in [-0.39, 0.29) is 54.8 Å². The molecule has 0 rings (SSSR count). The van der Waals surface area contributed by atoms with Gasteiger partial charge in [-0.2, -0.15) is 0 Å². The molecular weight excluding hydrogens is 286 g/mol. The van der Waals surface area contributed by atoms with Gasteiger partial charge in [0.05, 0.1) is 7.82 Å². The van der Waals surface area contributed by atoms with Gasteiger partial charge in [0.1, 0.15) is 0 Å². The molecule has 1 radical (unpaired) electrons. The van der Waals surface area contributed by atoms with Gasteiger partial charge in [-0.3, -0.25) is 8.42 Å². The number of hydrogen-bond acceptors (Lipinski definition) is 7. The van der Waals surface area contributed by atoms with E-state index in [9.17, 15) is 0 Å². The first-order valence-corrected chi connectivity index (χ1v) is 4.24. The van der Waals surface area contributed by atoms with Crippen LogP contribution in [0.15, 0.2) is 0 Å². The van der Waals surface area contributed by atoms with Crippen molar-refractivity contribution in [3.63, 3.8) is 0 Å². The minimum absolute atomic E-state index is 0. The quantitative estimate of drug-likeness (QED) is 0.204. The van der Waals surface area contributed by atoms with Crippen LogP contribution in [0.2, 0.25) is 0 Å². The zero-order chi connectivity index (χ0) is 9.00. The van der Waals surface area contributed by atoms with Crippen molar-refractivity contribution in [3.05, 3.63) is 0 Å². The number of phosphoric acid groups is 1. The maximum absolute atomic E-state index is 8.66. The van der Waals surface area contributed by atoms with Crippen molar-refractivity contribution in [3.8, 4) is 0 Å². The van der Waals surface area contributed by atoms with Gasteiger partial charge >= 0.3 is 54.8 Å². The first kappa shape index (κ1) is 23.5. The normalized spacial score (nSPS) is 9.75. The van der Waals surface area contributed by atoms with Crippen LogP contribution in [0.3, 0.4) is 0 Å². The van der Waals surface area contributed by atoms with Crippen molar-refractivity contribution in [2.45, 2.75) is 0 Å². The van der Waals surface area contributed by atoms with Crippen molar-refractivity contribution in [2.24, 2.45) is 0 Å². The monoisotopic (exact) mass is 287 g/mol. The zero-order valence-electron chi connectivity index (χ0n) is 5.25. The molecule has 0 aromatic carbocycles. The summed E-state index contributed by atoms with van der Waals surface area (Å²) in [6.07, 6.45) is 0. The van der Waals surface area contributed by atoms with E-state index >= 15 is 0 Å². The molecule has 0 amide bonds. The summed E-state index contributed by atoms with van der Waals surface area (Å²) >= 11 is 0. The second kappa shape index (κ2) is 9.32.